The second-order valence-corrected chi connectivity index (χ2v) is 3.56. The first kappa shape index (κ1) is 10.2. The van der Waals surface area contributed by atoms with Crippen LogP contribution in [0.1, 0.15) is 5.56 Å². The quantitative estimate of drug-likeness (QED) is 0.475. The number of carbonyl (C=O) groups is 1. The molecule has 1 aromatic rings. The molecule has 0 aromatic heterocycles. The van der Waals surface area contributed by atoms with Crippen molar-refractivity contribution >= 4 is 34.6 Å². The van der Waals surface area contributed by atoms with E-state index in [4.69, 9.17) is 0 Å². The molecule has 0 aliphatic heterocycles. The van der Waals surface area contributed by atoms with Gasteiger partial charge in [-0.3, -0.25) is 0 Å². The van der Waals surface area contributed by atoms with Gasteiger partial charge in [-0.2, -0.15) is 0 Å². The second-order valence-electron chi connectivity index (χ2n) is 2.39. The Bertz CT molecular complexity index is 317. The lowest BCUT2D eigenvalue weighted by atomic mass is 10.2. The highest BCUT2D eigenvalue weighted by Crippen LogP contribution is 2.13. The van der Waals surface area contributed by atoms with E-state index in [2.05, 4.69) is 4.74 Å². The Balaban J connectivity index is 2.83. The molecule has 0 spiro atoms. The molecule has 3 heteroatoms. The van der Waals surface area contributed by atoms with E-state index < -0.39 is 0 Å². The third-order valence-corrected chi connectivity index (χ3v) is 2.23. The minimum absolute atomic E-state index is 0.301. The molecular weight excluding hydrogens is 279 g/mol. The smallest absolute Gasteiger partial charge is 0.344 e. The van der Waals surface area contributed by atoms with Gasteiger partial charge in [0.2, 0.25) is 0 Å². The standard InChI is InChI=1S/C10H9IO2/c1-13-10(12)9(11)7-8-5-3-2-4-6-8/h2-7H,1H3/b9-7-. The van der Waals surface area contributed by atoms with Gasteiger partial charge in [-0.1, -0.05) is 30.3 Å². The van der Waals surface area contributed by atoms with Crippen molar-refractivity contribution in [2.75, 3.05) is 7.11 Å². The average molecular weight is 288 g/mol. The SMILES string of the molecule is COC(=O)/C(I)=C/c1ccccc1. The Kier molecular flexibility index (Phi) is 3.95. The number of hydrogen-bond donors (Lipinski definition) is 0. The summed E-state index contributed by atoms with van der Waals surface area (Å²) in [7, 11) is 1.37. The van der Waals surface area contributed by atoms with Crippen LogP contribution in [0.15, 0.2) is 33.9 Å². The van der Waals surface area contributed by atoms with Gasteiger partial charge in [-0.15, -0.1) is 0 Å². The molecule has 0 radical (unpaired) electrons. The van der Waals surface area contributed by atoms with Gasteiger partial charge >= 0.3 is 5.97 Å². The molecular formula is C10H9IO2. The van der Waals surface area contributed by atoms with Crippen LogP contribution >= 0.6 is 22.6 Å². The normalized spacial score (nSPS) is 11.1. The van der Waals surface area contributed by atoms with Crippen molar-refractivity contribution in [1.29, 1.82) is 0 Å². The van der Waals surface area contributed by atoms with Crippen LogP contribution in [-0.2, 0) is 9.53 Å². The maximum absolute atomic E-state index is 11.0. The number of esters is 1. The number of carbonyl (C=O) groups excluding carboxylic acids is 1. The number of halogens is 1. The van der Waals surface area contributed by atoms with Crippen LogP contribution in [-0.4, -0.2) is 13.1 Å². The van der Waals surface area contributed by atoms with Crippen LogP contribution in [0.25, 0.3) is 6.08 Å². The van der Waals surface area contributed by atoms with Crippen molar-refractivity contribution in [3.05, 3.63) is 39.5 Å². The van der Waals surface area contributed by atoms with E-state index in [1.165, 1.54) is 7.11 Å². The Morgan fingerprint density at radius 3 is 2.54 bits per heavy atom. The van der Waals surface area contributed by atoms with Crippen LogP contribution in [0.4, 0.5) is 0 Å². The van der Waals surface area contributed by atoms with Gasteiger partial charge in [0.1, 0.15) is 0 Å². The van der Waals surface area contributed by atoms with Crippen molar-refractivity contribution in [2.45, 2.75) is 0 Å². The summed E-state index contributed by atoms with van der Waals surface area (Å²) < 4.78 is 5.14. The van der Waals surface area contributed by atoms with E-state index in [9.17, 15) is 4.79 Å². The van der Waals surface area contributed by atoms with Crippen molar-refractivity contribution in [3.63, 3.8) is 0 Å². The fourth-order valence-corrected chi connectivity index (χ4v) is 1.43. The van der Waals surface area contributed by atoms with Crippen LogP contribution in [0, 0.1) is 0 Å². The van der Waals surface area contributed by atoms with Crippen LogP contribution in [0.2, 0.25) is 0 Å². The van der Waals surface area contributed by atoms with Gasteiger partial charge in [0.15, 0.2) is 0 Å². The van der Waals surface area contributed by atoms with Crippen LogP contribution < -0.4 is 0 Å². The molecule has 0 atom stereocenters. The molecule has 68 valence electrons. The highest BCUT2D eigenvalue weighted by molar-refractivity contribution is 14.1. The number of rotatable bonds is 2. The predicted molar refractivity (Wildman–Crippen MR) is 60.5 cm³/mol. The summed E-state index contributed by atoms with van der Waals surface area (Å²) in [5.74, 6) is -0.301. The summed E-state index contributed by atoms with van der Waals surface area (Å²) in [6.07, 6.45) is 1.78. The summed E-state index contributed by atoms with van der Waals surface area (Å²) in [6.45, 7) is 0. The predicted octanol–water partition coefficient (Wildman–Crippen LogP) is 2.64. The molecule has 1 aromatic carbocycles. The van der Waals surface area contributed by atoms with Crippen molar-refractivity contribution < 1.29 is 9.53 Å². The molecule has 2 nitrogen and oxygen atoms in total. The number of methoxy groups -OCH3 is 1. The zero-order valence-electron chi connectivity index (χ0n) is 7.16. The lowest BCUT2D eigenvalue weighted by Gasteiger charge is -1.96. The molecule has 0 aliphatic carbocycles. The molecule has 0 N–H and O–H groups in total. The summed E-state index contributed by atoms with van der Waals surface area (Å²) in [6, 6.07) is 9.64. The van der Waals surface area contributed by atoms with E-state index in [0.29, 0.717) is 3.58 Å². The molecule has 0 fully saturated rings. The lowest BCUT2D eigenvalue weighted by molar-refractivity contribution is -0.134. The Labute approximate surface area is 90.7 Å². The Hall–Kier alpha value is -0.840. The zero-order chi connectivity index (χ0) is 9.68. The van der Waals surface area contributed by atoms with Gasteiger partial charge in [-0.05, 0) is 34.2 Å². The summed E-state index contributed by atoms with van der Waals surface area (Å²) in [5.41, 5.74) is 0.998. The topological polar surface area (TPSA) is 26.3 Å². The number of benzene rings is 1. The van der Waals surface area contributed by atoms with Gasteiger partial charge < -0.3 is 4.74 Å². The van der Waals surface area contributed by atoms with Crippen LogP contribution in [0.5, 0.6) is 0 Å². The average Bonchev–Trinajstić information content (AvgIpc) is 2.18. The largest absolute Gasteiger partial charge is 0.465 e. The minimum atomic E-state index is -0.301. The highest BCUT2D eigenvalue weighted by Gasteiger charge is 2.03. The molecule has 13 heavy (non-hydrogen) atoms. The zero-order valence-corrected chi connectivity index (χ0v) is 9.32. The summed E-state index contributed by atoms with van der Waals surface area (Å²) >= 11 is 1.96. The van der Waals surface area contributed by atoms with Gasteiger partial charge in [0, 0.05) is 0 Å². The molecule has 0 bridgehead atoms. The fourth-order valence-electron chi connectivity index (χ4n) is 0.852. The number of ether oxygens (including phenoxy) is 1. The lowest BCUT2D eigenvalue weighted by Crippen LogP contribution is -1.98. The maximum atomic E-state index is 11.0. The maximum Gasteiger partial charge on any atom is 0.344 e. The first-order valence-corrected chi connectivity index (χ1v) is 4.82. The van der Waals surface area contributed by atoms with E-state index in [-0.39, 0.29) is 5.97 Å². The second kappa shape index (κ2) is 5.01. The molecule has 1 rings (SSSR count). The van der Waals surface area contributed by atoms with E-state index in [0.717, 1.165) is 5.56 Å². The molecule has 0 aliphatic rings. The van der Waals surface area contributed by atoms with Crippen molar-refractivity contribution in [2.24, 2.45) is 0 Å². The number of hydrogen-bond acceptors (Lipinski definition) is 2. The van der Waals surface area contributed by atoms with Gasteiger partial charge in [0.25, 0.3) is 0 Å². The van der Waals surface area contributed by atoms with Crippen molar-refractivity contribution in [3.8, 4) is 0 Å². The highest BCUT2D eigenvalue weighted by atomic mass is 127. The molecule has 0 heterocycles. The Morgan fingerprint density at radius 1 is 1.38 bits per heavy atom. The molecule has 0 amide bonds. The van der Waals surface area contributed by atoms with Gasteiger partial charge in [-0.25, -0.2) is 4.79 Å². The monoisotopic (exact) mass is 288 g/mol. The fraction of sp³-hybridized carbons (Fsp3) is 0.100. The van der Waals surface area contributed by atoms with E-state index in [1.807, 2.05) is 52.9 Å². The minimum Gasteiger partial charge on any atom is -0.465 e. The van der Waals surface area contributed by atoms with Crippen molar-refractivity contribution in [1.82, 2.24) is 0 Å². The molecule has 0 unspecified atom stereocenters. The van der Waals surface area contributed by atoms with E-state index >= 15 is 0 Å². The third-order valence-electron chi connectivity index (χ3n) is 1.47. The van der Waals surface area contributed by atoms with E-state index in [1.54, 1.807) is 6.08 Å². The molecule has 0 saturated heterocycles. The van der Waals surface area contributed by atoms with Gasteiger partial charge in [0.05, 0.1) is 10.7 Å². The Morgan fingerprint density at radius 2 is 2.00 bits per heavy atom. The summed E-state index contributed by atoms with van der Waals surface area (Å²) in [5, 5.41) is 0. The molecule has 0 saturated carbocycles. The summed E-state index contributed by atoms with van der Waals surface area (Å²) in [4.78, 5) is 11.0. The first-order chi connectivity index (χ1) is 6.24. The third kappa shape index (κ3) is 3.18. The van der Waals surface area contributed by atoms with Crippen LogP contribution in [0.3, 0.4) is 0 Å². The first-order valence-electron chi connectivity index (χ1n) is 3.74.